The molecular weight excluding hydrogens is 181 g/mol. The highest BCUT2D eigenvalue weighted by molar-refractivity contribution is 7.09. The SMILES string of the molecule is C=C(C)N1CCCC1COP.CC. The Kier molecular flexibility index (Phi) is 7.31. The van der Waals surface area contributed by atoms with Gasteiger partial charge in [-0.25, -0.2) is 0 Å². The zero-order valence-electron chi connectivity index (χ0n) is 9.05. The van der Waals surface area contributed by atoms with E-state index in [2.05, 4.69) is 27.9 Å². The summed E-state index contributed by atoms with van der Waals surface area (Å²) in [6.45, 7) is 11.9. The van der Waals surface area contributed by atoms with E-state index in [0.717, 1.165) is 18.8 Å². The molecule has 78 valence electrons. The van der Waals surface area contributed by atoms with Gasteiger partial charge in [-0.15, -0.1) is 0 Å². The molecule has 2 nitrogen and oxygen atoms in total. The van der Waals surface area contributed by atoms with Crippen LogP contribution >= 0.6 is 9.47 Å². The molecule has 1 heterocycles. The number of hydrogen-bond donors (Lipinski definition) is 0. The zero-order chi connectivity index (χ0) is 10.3. The van der Waals surface area contributed by atoms with Gasteiger partial charge in [-0.1, -0.05) is 20.4 Å². The van der Waals surface area contributed by atoms with Crippen molar-refractivity contribution in [3.63, 3.8) is 0 Å². The molecule has 1 saturated heterocycles. The summed E-state index contributed by atoms with van der Waals surface area (Å²) in [6, 6.07) is 0.560. The van der Waals surface area contributed by atoms with Crippen LogP contribution < -0.4 is 0 Å². The largest absolute Gasteiger partial charge is 0.370 e. The fourth-order valence-corrected chi connectivity index (χ4v) is 1.84. The summed E-state index contributed by atoms with van der Waals surface area (Å²) in [4.78, 5) is 2.32. The Morgan fingerprint density at radius 3 is 2.69 bits per heavy atom. The summed E-state index contributed by atoms with van der Waals surface area (Å²) in [7, 11) is 2.30. The summed E-state index contributed by atoms with van der Waals surface area (Å²) < 4.78 is 5.04. The zero-order valence-corrected chi connectivity index (χ0v) is 10.2. The van der Waals surface area contributed by atoms with Gasteiger partial charge in [0.1, 0.15) is 0 Å². The highest BCUT2D eigenvalue weighted by Crippen LogP contribution is 2.21. The molecule has 0 N–H and O–H groups in total. The van der Waals surface area contributed by atoms with Crippen LogP contribution in [0.15, 0.2) is 12.3 Å². The van der Waals surface area contributed by atoms with Crippen molar-refractivity contribution in [3.8, 4) is 0 Å². The van der Waals surface area contributed by atoms with Crippen molar-refractivity contribution in [2.75, 3.05) is 13.2 Å². The van der Waals surface area contributed by atoms with E-state index >= 15 is 0 Å². The Bertz CT molecular complexity index is 150. The number of hydrogen-bond acceptors (Lipinski definition) is 2. The molecule has 1 aliphatic heterocycles. The smallest absolute Gasteiger partial charge is 0.0705 e. The molecule has 1 fully saturated rings. The lowest BCUT2D eigenvalue weighted by Crippen LogP contribution is -2.30. The summed E-state index contributed by atoms with van der Waals surface area (Å²) in [6.07, 6.45) is 2.51. The molecule has 2 atom stereocenters. The average molecular weight is 203 g/mol. The summed E-state index contributed by atoms with van der Waals surface area (Å²) >= 11 is 0. The van der Waals surface area contributed by atoms with E-state index in [-0.39, 0.29) is 0 Å². The molecule has 2 unspecified atom stereocenters. The normalized spacial score (nSPS) is 20.9. The minimum absolute atomic E-state index is 0.560. The molecule has 1 rings (SSSR count). The molecule has 0 bridgehead atoms. The maximum absolute atomic E-state index is 5.04. The third kappa shape index (κ3) is 4.10. The molecule has 3 heteroatoms. The van der Waals surface area contributed by atoms with E-state index in [1.165, 1.54) is 12.8 Å². The van der Waals surface area contributed by atoms with Crippen LogP contribution in [0.3, 0.4) is 0 Å². The number of allylic oxidation sites excluding steroid dienone is 1. The Morgan fingerprint density at radius 2 is 2.23 bits per heavy atom. The van der Waals surface area contributed by atoms with Gasteiger partial charge in [0.25, 0.3) is 0 Å². The third-order valence-electron chi connectivity index (χ3n) is 2.16. The lowest BCUT2D eigenvalue weighted by atomic mass is 10.2. The minimum atomic E-state index is 0.560. The summed E-state index contributed by atoms with van der Waals surface area (Å²) in [5.41, 5.74) is 1.16. The topological polar surface area (TPSA) is 12.5 Å². The van der Waals surface area contributed by atoms with Crippen LogP contribution in [0.2, 0.25) is 0 Å². The predicted octanol–water partition coefficient (Wildman–Crippen LogP) is 2.82. The van der Waals surface area contributed by atoms with Crippen LogP contribution in [-0.4, -0.2) is 24.1 Å². The second kappa shape index (κ2) is 7.34. The van der Waals surface area contributed by atoms with Crippen molar-refractivity contribution in [3.05, 3.63) is 12.3 Å². The van der Waals surface area contributed by atoms with Crippen LogP contribution in [0, 0.1) is 0 Å². The Hall–Kier alpha value is -0.0700. The number of likely N-dealkylation sites (tertiary alicyclic amines) is 1. The minimum Gasteiger partial charge on any atom is -0.370 e. The third-order valence-corrected chi connectivity index (χ3v) is 2.35. The Morgan fingerprint density at radius 1 is 1.62 bits per heavy atom. The van der Waals surface area contributed by atoms with Gasteiger partial charge in [0.2, 0.25) is 0 Å². The van der Waals surface area contributed by atoms with Crippen molar-refractivity contribution < 1.29 is 4.52 Å². The highest BCUT2D eigenvalue weighted by Gasteiger charge is 2.23. The summed E-state index contributed by atoms with van der Waals surface area (Å²) in [5, 5.41) is 0. The maximum atomic E-state index is 5.04. The molecule has 0 spiro atoms. The van der Waals surface area contributed by atoms with Gasteiger partial charge in [-0.2, -0.15) is 0 Å². The van der Waals surface area contributed by atoms with Gasteiger partial charge in [-0.3, -0.25) is 0 Å². The molecule has 0 amide bonds. The highest BCUT2D eigenvalue weighted by atomic mass is 31.0. The van der Waals surface area contributed by atoms with Crippen molar-refractivity contribution in [2.45, 2.75) is 39.7 Å². The van der Waals surface area contributed by atoms with Crippen molar-refractivity contribution in [1.82, 2.24) is 4.90 Å². The number of nitrogens with zero attached hydrogens (tertiary/aromatic N) is 1. The Labute approximate surface area is 84.6 Å². The van der Waals surface area contributed by atoms with E-state index in [0.29, 0.717) is 6.04 Å². The second-order valence-electron chi connectivity index (χ2n) is 3.06. The van der Waals surface area contributed by atoms with E-state index in [4.69, 9.17) is 4.52 Å². The van der Waals surface area contributed by atoms with Gasteiger partial charge in [-0.05, 0) is 19.8 Å². The molecule has 0 radical (unpaired) electrons. The molecule has 13 heavy (non-hydrogen) atoms. The van der Waals surface area contributed by atoms with Crippen LogP contribution in [0.4, 0.5) is 0 Å². The number of rotatable bonds is 3. The van der Waals surface area contributed by atoms with Crippen LogP contribution in [0.25, 0.3) is 0 Å². The van der Waals surface area contributed by atoms with E-state index in [1.54, 1.807) is 0 Å². The van der Waals surface area contributed by atoms with Crippen LogP contribution in [0.1, 0.15) is 33.6 Å². The summed E-state index contributed by atoms with van der Waals surface area (Å²) in [5.74, 6) is 0. The molecule has 0 saturated carbocycles. The first-order valence-electron chi connectivity index (χ1n) is 4.99. The standard InChI is InChI=1S/C8H16NOP.C2H6/c1-7(2)9-5-3-4-8(9)6-10-11;1-2/h8H,1,3-6,11H2,2H3;1-2H3. The quantitative estimate of drug-likeness (QED) is 0.654. The molecule has 0 aromatic carbocycles. The van der Waals surface area contributed by atoms with Crippen LogP contribution in [-0.2, 0) is 4.52 Å². The first kappa shape index (κ1) is 12.9. The van der Waals surface area contributed by atoms with Crippen molar-refractivity contribution >= 4 is 9.47 Å². The predicted molar refractivity (Wildman–Crippen MR) is 61.6 cm³/mol. The molecule has 1 aliphatic rings. The van der Waals surface area contributed by atoms with Gasteiger partial charge in [0.15, 0.2) is 0 Å². The van der Waals surface area contributed by atoms with E-state index < -0.39 is 0 Å². The molecular formula is C10H22NOP. The fourth-order valence-electron chi connectivity index (χ4n) is 1.62. The van der Waals surface area contributed by atoms with E-state index in [1.807, 2.05) is 13.8 Å². The van der Waals surface area contributed by atoms with Gasteiger partial charge >= 0.3 is 0 Å². The molecule has 0 aromatic heterocycles. The lowest BCUT2D eigenvalue weighted by molar-refractivity contribution is 0.225. The van der Waals surface area contributed by atoms with Crippen LogP contribution in [0.5, 0.6) is 0 Å². The monoisotopic (exact) mass is 203 g/mol. The molecule has 0 aromatic rings. The average Bonchev–Trinajstić information content (AvgIpc) is 2.57. The van der Waals surface area contributed by atoms with Crippen molar-refractivity contribution in [1.29, 1.82) is 0 Å². The second-order valence-corrected chi connectivity index (χ2v) is 3.39. The van der Waals surface area contributed by atoms with E-state index in [9.17, 15) is 0 Å². The lowest BCUT2D eigenvalue weighted by Gasteiger charge is -2.25. The van der Waals surface area contributed by atoms with Gasteiger partial charge in [0, 0.05) is 21.7 Å². The first-order chi connectivity index (χ1) is 6.25. The molecule has 0 aliphatic carbocycles. The Balaban J connectivity index is 0.000000671. The fraction of sp³-hybridized carbons (Fsp3) is 0.800. The maximum Gasteiger partial charge on any atom is 0.0705 e. The van der Waals surface area contributed by atoms with Gasteiger partial charge < -0.3 is 9.42 Å². The first-order valence-corrected chi connectivity index (χ1v) is 5.46. The van der Waals surface area contributed by atoms with Crippen molar-refractivity contribution in [2.24, 2.45) is 0 Å². The van der Waals surface area contributed by atoms with Gasteiger partial charge in [0.05, 0.1) is 12.6 Å².